The highest BCUT2D eigenvalue weighted by Crippen LogP contribution is 2.27. The van der Waals surface area contributed by atoms with Crippen molar-refractivity contribution < 1.29 is 23.8 Å². The molecule has 27 heavy (non-hydrogen) atoms. The molecule has 0 saturated heterocycles. The van der Waals surface area contributed by atoms with Crippen LogP contribution in [0.1, 0.15) is 22.3 Å². The number of carbonyl (C=O) groups is 2. The predicted molar refractivity (Wildman–Crippen MR) is 102 cm³/mol. The average Bonchev–Trinajstić information content (AvgIpc) is 2.71. The van der Waals surface area contributed by atoms with Gasteiger partial charge in [-0.2, -0.15) is 0 Å². The Kier molecular flexibility index (Phi) is 7.79. The molecule has 2 aromatic carbocycles. The summed E-state index contributed by atoms with van der Waals surface area (Å²) in [5.74, 6) is -0.350. The number of hydrogen-bond acceptors (Lipinski definition) is 6. The number of nitrogens with two attached hydrogens (primary N) is 1. The molecule has 0 saturated carbocycles. The lowest BCUT2D eigenvalue weighted by molar-refractivity contribution is -0.118. The van der Waals surface area contributed by atoms with Crippen LogP contribution in [-0.2, 0) is 20.9 Å². The number of benzene rings is 2. The molecule has 7 heteroatoms. The lowest BCUT2D eigenvalue weighted by atomic mass is 10.1. The van der Waals surface area contributed by atoms with Gasteiger partial charge in [-0.25, -0.2) is 4.79 Å². The van der Waals surface area contributed by atoms with Gasteiger partial charge in [0.1, 0.15) is 12.4 Å². The van der Waals surface area contributed by atoms with Gasteiger partial charge in [-0.1, -0.05) is 30.3 Å². The van der Waals surface area contributed by atoms with Gasteiger partial charge in [-0.05, 0) is 23.8 Å². The van der Waals surface area contributed by atoms with Crippen LogP contribution in [0.2, 0.25) is 0 Å². The van der Waals surface area contributed by atoms with Crippen LogP contribution in [-0.4, -0.2) is 38.7 Å². The molecule has 0 bridgehead atoms. The SMILES string of the molecule is COC(=O)c1ccc(OCc2ccccc2)c(NC(=O)CC(CN)OC)c1. The largest absolute Gasteiger partial charge is 0.487 e. The highest BCUT2D eigenvalue weighted by Gasteiger charge is 2.16. The second-order valence-electron chi connectivity index (χ2n) is 5.82. The van der Waals surface area contributed by atoms with E-state index in [0.717, 1.165) is 5.56 Å². The van der Waals surface area contributed by atoms with Crippen LogP contribution < -0.4 is 15.8 Å². The maximum Gasteiger partial charge on any atom is 0.337 e. The third-order valence-corrected chi connectivity index (χ3v) is 3.92. The van der Waals surface area contributed by atoms with Crippen molar-refractivity contribution in [2.24, 2.45) is 5.73 Å². The van der Waals surface area contributed by atoms with Crippen molar-refractivity contribution in [3.05, 3.63) is 59.7 Å². The van der Waals surface area contributed by atoms with E-state index in [4.69, 9.17) is 19.9 Å². The van der Waals surface area contributed by atoms with E-state index in [1.807, 2.05) is 30.3 Å². The second kappa shape index (κ2) is 10.3. The van der Waals surface area contributed by atoms with Gasteiger partial charge in [-0.15, -0.1) is 0 Å². The molecule has 0 heterocycles. The molecule has 1 atom stereocenters. The quantitative estimate of drug-likeness (QED) is 0.656. The first-order chi connectivity index (χ1) is 13.1. The second-order valence-corrected chi connectivity index (χ2v) is 5.82. The molecule has 0 radical (unpaired) electrons. The smallest absolute Gasteiger partial charge is 0.337 e. The fraction of sp³-hybridized carbons (Fsp3) is 0.300. The monoisotopic (exact) mass is 372 g/mol. The summed E-state index contributed by atoms with van der Waals surface area (Å²) in [6, 6.07) is 14.4. The van der Waals surface area contributed by atoms with Crippen LogP contribution in [0.15, 0.2) is 48.5 Å². The summed E-state index contributed by atoms with van der Waals surface area (Å²) in [4.78, 5) is 24.1. The summed E-state index contributed by atoms with van der Waals surface area (Å²) in [6.07, 6.45) is -0.296. The normalized spacial score (nSPS) is 11.5. The molecule has 0 aromatic heterocycles. The zero-order chi connectivity index (χ0) is 19.6. The third kappa shape index (κ3) is 6.09. The molecule has 144 valence electrons. The summed E-state index contributed by atoms with van der Waals surface area (Å²) < 4.78 is 15.7. The Morgan fingerprint density at radius 3 is 2.48 bits per heavy atom. The van der Waals surface area contributed by atoms with Gasteiger partial charge in [0.05, 0.1) is 30.9 Å². The minimum atomic E-state index is -0.503. The van der Waals surface area contributed by atoms with E-state index in [0.29, 0.717) is 23.6 Å². The topological polar surface area (TPSA) is 99.9 Å². The lowest BCUT2D eigenvalue weighted by Crippen LogP contribution is -2.28. The predicted octanol–water partition coefficient (Wildman–Crippen LogP) is 2.35. The van der Waals surface area contributed by atoms with E-state index >= 15 is 0 Å². The maximum absolute atomic E-state index is 12.3. The van der Waals surface area contributed by atoms with Gasteiger partial charge in [0, 0.05) is 13.7 Å². The summed E-state index contributed by atoms with van der Waals surface area (Å²) in [5, 5.41) is 2.76. The van der Waals surface area contributed by atoms with E-state index in [1.54, 1.807) is 12.1 Å². The minimum absolute atomic E-state index is 0.0909. The summed E-state index contributed by atoms with van der Waals surface area (Å²) in [6.45, 7) is 0.550. The molecule has 2 aromatic rings. The molecule has 0 spiro atoms. The summed E-state index contributed by atoms with van der Waals surface area (Å²) in [5.41, 5.74) is 7.23. The zero-order valence-electron chi connectivity index (χ0n) is 15.4. The van der Waals surface area contributed by atoms with Crippen molar-refractivity contribution in [3.8, 4) is 5.75 Å². The van der Waals surface area contributed by atoms with Gasteiger partial charge >= 0.3 is 5.97 Å². The van der Waals surface area contributed by atoms with Crippen LogP contribution in [0.25, 0.3) is 0 Å². The molecule has 0 fully saturated rings. The average molecular weight is 372 g/mol. The molecular weight excluding hydrogens is 348 g/mol. The fourth-order valence-corrected chi connectivity index (χ4v) is 2.40. The Morgan fingerprint density at radius 1 is 1.11 bits per heavy atom. The number of carbonyl (C=O) groups excluding carboxylic acids is 2. The summed E-state index contributed by atoms with van der Waals surface area (Å²) >= 11 is 0. The number of methoxy groups -OCH3 is 2. The molecule has 1 unspecified atom stereocenters. The van der Waals surface area contributed by atoms with Gasteiger partial charge in [0.2, 0.25) is 5.91 Å². The molecular formula is C20H24N2O5. The fourth-order valence-electron chi connectivity index (χ4n) is 2.40. The number of hydrogen-bond donors (Lipinski definition) is 2. The standard InChI is InChI=1S/C20H24N2O5/c1-25-16(12-21)11-19(23)22-17-10-15(20(24)26-2)8-9-18(17)27-13-14-6-4-3-5-7-14/h3-10,16H,11-13,21H2,1-2H3,(H,22,23). The molecule has 2 rings (SSSR count). The number of rotatable bonds is 9. The van der Waals surface area contributed by atoms with Crippen molar-refractivity contribution >= 4 is 17.6 Å². The van der Waals surface area contributed by atoms with E-state index in [1.165, 1.54) is 20.3 Å². The number of nitrogens with one attached hydrogen (secondary N) is 1. The Morgan fingerprint density at radius 2 is 1.85 bits per heavy atom. The Bertz CT molecular complexity index is 760. The van der Waals surface area contributed by atoms with E-state index in [9.17, 15) is 9.59 Å². The van der Waals surface area contributed by atoms with E-state index in [2.05, 4.69) is 5.32 Å². The zero-order valence-corrected chi connectivity index (χ0v) is 15.4. The van der Waals surface area contributed by atoms with Crippen LogP contribution in [0.5, 0.6) is 5.75 Å². The lowest BCUT2D eigenvalue weighted by Gasteiger charge is -2.16. The molecule has 0 aliphatic heterocycles. The molecule has 7 nitrogen and oxygen atoms in total. The van der Waals surface area contributed by atoms with Crippen molar-refractivity contribution in [3.63, 3.8) is 0 Å². The summed E-state index contributed by atoms with van der Waals surface area (Å²) in [7, 11) is 2.79. The molecule has 3 N–H and O–H groups in total. The number of ether oxygens (including phenoxy) is 3. The van der Waals surface area contributed by atoms with E-state index in [-0.39, 0.29) is 25.0 Å². The number of anilines is 1. The molecule has 1 amide bonds. The highest BCUT2D eigenvalue weighted by molar-refractivity contribution is 5.96. The van der Waals surface area contributed by atoms with E-state index < -0.39 is 5.97 Å². The highest BCUT2D eigenvalue weighted by atomic mass is 16.5. The van der Waals surface area contributed by atoms with Crippen LogP contribution in [0.4, 0.5) is 5.69 Å². The van der Waals surface area contributed by atoms with Gasteiger partial charge < -0.3 is 25.3 Å². The Balaban J connectivity index is 2.18. The van der Waals surface area contributed by atoms with Crippen LogP contribution >= 0.6 is 0 Å². The first-order valence-corrected chi connectivity index (χ1v) is 8.49. The van der Waals surface area contributed by atoms with Gasteiger partial charge in [0.15, 0.2) is 0 Å². The number of amides is 1. The Labute approximate surface area is 158 Å². The first kappa shape index (κ1) is 20.4. The van der Waals surface area contributed by atoms with Crippen molar-refractivity contribution in [1.29, 1.82) is 0 Å². The van der Waals surface area contributed by atoms with Crippen molar-refractivity contribution in [2.75, 3.05) is 26.1 Å². The van der Waals surface area contributed by atoms with Crippen molar-refractivity contribution in [2.45, 2.75) is 19.1 Å². The number of esters is 1. The molecule has 0 aliphatic rings. The first-order valence-electron chi connectivity index (χ1n) is 8.49. The van der Waals surface area contributed by atoms with Crippen molar-refractivity contribution in [1.82, 2.24) is 0 Å². The Hall–Kier alpha value is -2.90. The van der Waals surface area contributed by atoms with Crippen LogP contribution in [0.3, 0.4) is 0 Å². The van der Waals surface area contributed by atoms with Gasteiger partial charge in [-0.3, -0.25) is 4.79 Å². The maximum atomic E-state index is 12.3. The van der Waals surface area contributed by atoms with Crippen LogP contribution in [0, 0.1) is 0 Å². The molecule has 0 aliphatic carbocycles. The third-order valence-electron chi connectivity index (χ3n) is 3.92. The van der Waals surface area contributed by atoms with Gasteiger partial charge in [0.25, 0.3) is 0 Å². The minimum Gasteiger partial charge on any atom is -0.487 e.